The molecule has 1 aliphatic carbocycles. The Morgan fingerprint density at radius 2 is 1.85 bits per heavy atom. The maximum absolute atomic E-state index is 13.4. The minimum Gasteiger partial charge on any atom is -0.338 e. The van der Waals surface area contributed by atoms with Gasteiger partial charge in [-0.05, 0) is 67.2 Å². The lowest BCUT2D eigenvalue weighted by Crippen LogP contribution is -2.33. The SMILES string of the molecule is CN(C)CC1C2CN(C(=O)c3cccc(-c4ccc(F)c(Cl)c4)c3)CC12. The molecule has 2 aliphatic rings. The molecular weight excluding hydrogens is 351 g/mol. The molecule has 26 heavy (non-hydrogen) atoms. The minimum atomic E-state index is -0.439. The molecule has 1 saturated carbocycles. The Balaban J connectivity index is 1.47. The zero-order valence-electron chi connectivity index (χ0n) is 15.0. The smallest absolute Gasteiger partial charge is 0.253 e. The van der Waals surface area contributed by atoms with Crippen LogP contribution in [-0.2, 0) is 0 Å². The van der Waals surface area contributed by atoms with Crippen molar-refractivity contribution >= 4 is 17.5 Å². The number of benzene rings is 2. The van der Waals surface area contributed by atoms with E-state index in [0.29, 0.717) is 17.4 Å². The lowest BCUT2D eigenvalue weighted by atomic mass is 10.0. The molecule has 2 aromatic carbocycles. The molecule has 136 valence electrons. The first-order valence-corrected chi connectivity index (χ1v) is 9.31. The van der Waals surface area contributed by atoms with Crippen molar-refractivity contribution < 1.29 is 9.18 Å². The van der Waals surface area contributed by atoms with Gasteiger partial charge in [-0.2, -0.15) is 0 Å². The molecule has 1 heterocycles. The quantitative estimate of drug-likeness (QED) is 0.809. The summed E-state index contributed by atoms with van der Waals surface area (Å²) in [6.07, 6.45) is 0. The van der Waals surface area contributed by atoms with Gasteiger partial charge in [-0.3, -0.25) is 4.79 Å². The van der Waals surface area contributed by atoms with E-state index < -0.39 is 5.82 Å². The van der Waals surface area contributed by atoms with Crippen LogP contribution in [0.15, 0.2) is 42.5 Å². The number of rotatable bonds is 4. The molecule has 3 nitrogen and oxygen atoms in total. The van der Waals surface area contributed by atoms with Crippen LogP contribution in [0.2, 0.25) is 5.02 Å². The van der Waals surface area contributed by atoms with Gasteiger partial charge in [0, 0.05) is 25.2 Å². The molecule has 1 amide bonds. The minimum absolute atomic E-state index is 0.0795. The summed E-state index contributed by atoms with van der Waals surface area (Å²) in [5, 5.41) is 0.0887. The number of hydrogen-bond acceptors (Lipinski definition) is 2. The standard InChI is InChI=1S/C21H22ClFN2O/c1-24(2)10-16-17-11-25(12-18(16)17)21(26)15-5-3-4-13(8-15)14-6-7-20(23)19(22)9-14/h3-9,16-18H,10-12H2,1-2H3. The Hall–Kier alpha value is -1.91. The van der Waals surface area contributed by atoms with Crippen molar-refractivity contribution in [1.82, 2.24) is 9.80 Å². The van der Waals surface area contributed by atoms with E-state index in [-0.39, 0.29) is 10.9 Å². The van der Waals surface area contributed by atoms with Crippen molar-refractivity contribution in [3.63, 3.8) is 0 Å². The number of likely N-dealkylation sites (tertiary alicyclic amines) is 1. The normalized spacial score (nSPS) is 24.0. The highest BCUT2D eigenvalue weighted by atomic mass is 35.5. The number of fused-ring (bicyclic) bond motifs is 1. The lowest BCUT2D eigenvalue weighted by molar-refractivity contribution is 0.0765. The molecule has 1 saturated heterocycles. The van der Waals surface area contributed by atoms with Crippen molar-refractivity contribution in [2.75, 3.05) is 33.7 Å². The summed E-state index contributed by atoms with van der Waals surface area (Å²) < 4.78 is 13.4. The fraction of sp³-hybridized carbons (Fsp3) is 0.381. The number of carbonyl (C=O) groups is 1. The van der Waals surface area contributed by atoms with E-state index in [0.717, 1.165) is 36.7 Å². The van der Waals surface area contributed by atoms with E-state index in [4.69, 9.17) is 11.6 Å². The van der Waals surface area contributed by atoms with E-state index >= 15 is 0 Å². The van der Waals surface area contributed by atoms with E-state index in [9.17, 15) is 9.18 Å². The maximum Gasteiger partial charge on any atom is 0.253 e. The Kier molecular flexibility index (Phi) is 4.49. The average Bonchev–Trinajstić information content (AvgIpc) is 3.05. The van der Waals surface area contributed by atoms with Gasteiger partial charge in [0.25, 0.3) is 5.91 Å². The van der Waals surface area contributed by atoms with Crippen molar-refractivity contribution in [3.05, 3.63) is 58.9 Å². The Labute approximate surface area is 158 Å². The predicted molar refractivity (Wildman–Crippen MR) is 102 cm³/mol. The fourth-order valence-corrected chi connectivity index (χ4v) is 4.38. The molecular formula is C21H22ClFN2O. The van der Waals surface area contributed by atoms with Crippen LogP contribution in [0.25, 0.3) is 11.1 Å². The first kappa shape index (κ1) is 17.5. The highest BCUT2D eigenvalue weighted by molar-refractivity contribution is 6.31. The third-order valence-corrected chi connectivity index (χ3v) is 5.89. The molecule has 5 heteroatoms. The van der Waals surface area contributed by atoms with Crippen LogP contribution in [0.5, 0.6) is 0 Å². The average molecular weight is 373 g/mol. The predicted octanol–water partition coefficient (Wildman–Crippen LogP) is 4.03. The van der Waals surface area contributed by atoms with Gasteiger partial charge in [0.15, 0.2) is 0 Å². The van der Waals surface area contributed by atoms with Crippen LogP contribution in [0.3, 0.4) is 0 Å². The third kappa shape index (κ3) is 3.24. The van der Waals surface area contributed by atoms with Gasteiger partial charge < -0.3 is 9.80 Å². The van der Waals surface area contributed by atoms with Crippen LogP contribution in [0.4, 0.5) is 4.39 Å². The van der Waals surface area contributed by atoms with Gasteiger partial charge in [-0.1, -0.05) is 29.8 Å². The second-order valence-corrected chi connectivity index (χ2v) is 8.08. The number of amides is 1. The van der Waals surface area contributed by atoms with E-state index in [2.05, 4.69) is 19.0 Å². The molecule has 1 aliphatic heterocycles. The molecule has 0 bridgehead atoms. The first-order chi connectivity index (χ1) is 12.4. The van der Waals surface area contributed by atoms with E-state index in [1.54, 1.807) is 12.1 Å². The zero-order valence-corrected chi connectivity index (χ0v) is 15.7. The van der Waals surface area contributed by atoms with E-state index in [1.807, 2.05) is 29.2 Å². The lowest BCUT2D eigenvalue weighted by Gasteiger charge is -2.21. The summed E-state index contributed by atoms with van der Waals surface area (Å²) in [7, 11) is 4.20. The van der Waals surface area contributed by atoms with Crippen molar-refractivity contribution in [2.45, 2.75) is 0 Å². The largest absolute Gasteiger partial charge is 0.338 e. The maximum atomic E-state index is 13.4. The molecule has 0 spiro atoms. The summed E-state index contributed by atoms with van der Waals surface area (Å²) in [4.78, 5) is 17.1. The Morgan fingerprint density at radius 3 is 2.50 bits per heavy atom. The first-order valence-electron chi connectivity index (χ1n) is 8.93. The zero-order chi connectivity index (χ0) is 18.4. The van der Waals surface area contributed by atoms with Gasteiger partial charge >= 0.3 is 0 Å². The third-order valence-electron chi connectivity index (χ3n) is 5.60. The summed E-state index contributed by atoms with van der Waals surface area (Å²) >= 11 is 5.89. The van der Waals surface area contributed by atoms with Crippen molar-refractivity contribution in [3.8, 4) is 11.1 Å². The molecule has 2 atom stereocenters. The van der Waals surface area contributed by atoms with Crippen molar-refractivity contribution in [2.24, 2.45) is 17.8 Å². The fourth-order valence-electron chi connectivity index (χ4n) is 4.20. The molecule has 4 rings (SSSR count). The van der Waals surface area contributed by atoms with Crippen LogP contribution >= 0.6 is 11.6 Å². The summed E-state index contributed by atoms with van der Waals surface area (Å²) in [6, 6.07) is 12.1. The van der Waals surface area contributed by atoms with Gasteiger partial charge in [-0.25, -0.2) is 4.39 Å². The number of hydrogen-bond donors (Lipinski definition) is 0. The van der Waals surface area contributed by atoms with Crippen molar-refractivity contribution in [1.29, 1.82) is 0 Å². The molecule has 0 aromatic heterocycles. The van der Waals surface area contributed by atoms with Gasteiger partial charge in [-0.15, -0.1) is 0 Å². The number of halogens is 2. The molecule has 2 fully saturated rings. The number of nitrogens with zero attached hydrogens (tertiary/aromatic N) is 2. The van der Waals surface area contributed by atoms with Crippen LogP contribution in [0, 0.1) is 23.6 Å². The summed E-state index contributed by atoms with van der Waals surface area (Å²) in [6.45, 7) is 2.82. The molecule has 0 radical (unpaired) electrons. The monoisotopic (exact) mass is 372 g/mol. The Bertz CT molecular complexity index is 842. The highest BCUT2D eigenvalue weighted by Gasteiger charge is 2.56. The summed E-state index contributed by atoms with van der Waals surface area (Å²) in [5.74, 6) is 1.68. The van der Waals surface area contributed by atoms with E-state index in [1.165, 1.54) is 6.07 Å². The van der Waals surface area contributed by atoms with Gasteiger partial charge in [0.1, 0.15) is 5.82 Å². The topological polar surface area (TPSA) is 23.6 Å². The summed E-state index contributed by atoms with van der Waals surface area (Å²) in [5.41, 5.74) is 2.35. The second kappa shape index (κ2) is 6.67. The molecule has 0 N–H and O–H groups in total. The Morgan fingerprint density at radius 1 is 1.15 bits per heavy atom. The molecule has 2 aromatic rings. The highest BCUT2D eigenvalue weighted by Crippen LogP contribution is 2.52. The van der Waals surface area contributed by atoms with Crippen LogP contribution < -0.4 is 0 Å². The second-order valence-electron chi connectivity index (χ2n) is 7.67. The molecule has 2 unspecified atom stereocenters. The van der Waals surface area contributed by atoms with Crippen LogP contribution in [-0.4, -0.2) is 49.4 Å². The number of carbonyl (C=O) groups excluding carboxylic acids is 1. The van der Waals surface area contributed by atoms with Gasteiger partial charge in [0.2, 0.25) is 0 Å². The number of piperidine rings is 1. The van der Waals surface area contributed by atoms with Gasteiger partial charge in [0.05, 0.1) is 5.02 Å². The van der Waals surface area contributed by atoms with Crippen LogP contribution in [0.1, 0.15) is 10.4 Å².